The highest BCUT2D eigenvalue weighted by Crippen LogP contribution is 2.32. The number of nitrogens with zero attached hydrogens (tertiary/aromatic N) is 1. The number of hydrogen-bond donors (Lipinski definition) is 2. The fourth-order valence-corrected chi connectivity index (χ4v) is 3.03. The lowest BCUT2D eigenvalue weighted by molar-refractivity contribution is -0.125. The van der Waals surface area contributed by atoms with Gasteiger partial charge < -0.3 is 15.4 Å². The second-order valence-corrected chi connectivity index (χ2v) is 5.78. The van der Waals surface area contributed by atoms with Gasteiger partial charge in [0.1, 0.15) is 6.04 Å². The molecule has 126 valence electrons. The number of amides is 3. The number of rotatable bonds is 5. The number of methoxy groups -OCH3 is 1. The molecule has 1 aromatic rings. The molecule has 1 aromatic carbocycles. The Labute approximate surface area is 139 Å². The molecular formula is C17H19N3O4. The number of ether oxygens (including phenoxy) is 1. The monoisotopic (exact) mass is 329 g/mol. The van der Waals surface area contributed by atoms with Gasteiger partial charge in [-0.2, -0.15) is 0 Å². The molecular weight excluding hydrogens is 310 g/mol. The molecule has 1 fully saturated rings. The first kappa shape index (κ1) is 16.2. The molecule has 2 aliphatic heterocycles. The zero-order valence-electron chi connectivity index (χ0n) is 13.4. The summed E-state index contributed by atoms with van der Waals surface area (Å²) in [4.78, 5) is 38.7. The van der Waals surface area contributed by atoms with Crippen LogP contribution in [0.4, 0.5) is 5.69 Å². The number of benzene rings is 1. The number of anilines is 1. The highest BCUT2D eigenvalue weighted by atomic mass is 16.5. The Balaban J connectivity index is 1.89. The summed E-state index contributed by atoms with van der Waals surface area (Å²) in [6.45, 7) is 4.70. The highest BCUT2D eigenvalue weighted by molar-refractivity contribution is 6.25. The summed E-state index contributed by atoms with van der Waals surface area (Å²) >= 11 is 0. The molecule has 1 saturated heterocycles. The maximum atomic E-state index is 12.8. The number of imide groups is 1. The average Bonchev–Trinajstić information content (AvgIpc) is 2.81. The first-order chi connectivity index (χ1) is 11.5. The largest absolute Gasteiger partial charge is 0.383 e. The quantitative estimate of drug-likeness (QED) is 0.625. The molecule has 3 amide bonds. The number of carbonyl (C=O) groups is 3. The van der Waals surface area contributed by atoms with Crippen LogP contribution >= 0.6 is 0 Å². The maximum Gasteiger partial charge on any atom is 0.264 e. The third-order valence-electron chi connectivity index (χ3n) is 4.20. The van der Waals surface area contributed by atoms with Crippen molar-refractivity contribution in [3.63, 3.8) is 0 Å². The first-order valence-corrected chi connectivity index (χ1v) is 7.77. The van der Waals surface area contributed by atoms with E-state index in [0.717, 1.165) is 4.90 Å². The number of fused-ring (bicyclic) bond motifs is 1. The van der Waals surface area contributed by atoms with Crippen molar-refractivity contribution in [2.45, 2.75) is 18.9 Å². The molecule has 0 radical (unpaired) electrons. The molecule has 1 unspecified atom stereocenters. The van der Waals surface area contributed by atoms with Gasteiger partial charge in [0.2, 0.25) is 5.91 Å². The van der Waals surface area contributed by atoms with Crippen LogP contribution in [0, 0.1) is 0 Å². The van der Waals surface area contributed by atoms with Crippen LogP contribution in [0.15, 0.2) is 30.5 Å². The third kappa shape index (κ3) is 2.67. The van der Waals surface area contributed by atoms with E-state index in [1.54, 1.807) is 25.3 Å². The molecule has 0 saturated carbocycles. The van der Waals surface area contributed by atoms with Crippen LogP contribution in [-0.4, -0.2) is 48.9 Å². The molecule has 0 aliphatic carbocycles. The van der Waals surface area contributed by atoms with Crippen LogP contribution in [-0.2, 0) is 9.53 Å². The lowest BCUT2D eigenvalue weighted by Gasteiger charge is -2.29. The van der Waals surface area contributed by atoms with Gasteiger partial charge in [-0.05, 0) is 25.0 Å². The van der Waals surface area contributed by atoms with Crippen molar-refractivity contribution in [1.82, 2.24) is 10.2 Å². The fourth-order valence-electron chi connectivity index (χ4n) is 3.03. The molecule has 3 rings (SSSR count). The van der Waals surface area contributed by atoms with Crippen LogP contribution in [0.1, 0.15) is 33.6 Å². The van der Waals surface area contributed by atoms with E-state index in [2.05, 4.69) is 17.2 Å². The molecule has 2 heterocycles. The zero-order chi connectivity index (χ0) is 17.3. The lowest BCUT2D eigenvalue weighted by Crippen LogP contribution is -2.51. The maximum absolute atomic E-state index is 12.8. The fraction of sp³-hybridized carbons (Fsp3) is 0.353. The van der Waals surface area contributed by atoms with E-state index in [-0.39, 0.29) is 5.91 Å². The minimum atomic E-state index is -0.797. The molecule has 7 heteroatoms. The normalized spacial score (nSPS) is 20.2. The summed E-state index contributed by atoms with van der Waals surface area (Å²) in [5.74, 6) is -1.24. The first-order valence-electron chi connectivity index (χ1n) is 7.77. The minimum absolute atomic E-state index is 0.316. The molecule has 7 nitrogen and oxygen atoms in total. The van der Waals surface area contributed by atoms with E-state index >= 15 is 0 Å². The molecule has 0 aromatic heterocycles. The smallest absolute Gasteiger partial charge is 0.264 e. The van der Waals surface area contributed by atoms with E-state index in [4.69, 9.17) is 4.74 Å². The van der Waals surface area contributed by atoms with Gasteiger partial charge in [0.05, 0.1) is 17.7 Å². The molecule has 2 aliphatic rings. The molecule has 24 heavy (non-hydrogen) atoms. The lowest BCUT2D eigenvalue weighted by atomic mass is 10.0. The predicted octanol–water partition coefficient (Wildman–Crippen LogP) is 1.13. The Bertz CT molecular complexity index is 729. The number of piperidine rings is 1. The summed E-state index contributed by atoms with van der Waals surface area (Å²) < 4.78 is 4.99. The molecule has 1 atom stereocenters. The summed E-state index contributed by atoms with van der Waals surface area (Å²) in [6, 6.07) is 4.27. The van der Waals surface area contributed by atoms with Gasteiger partial charge in [0, 0.05) is 25.0 Å². The van der Waals surface area contributed by atoms with E-state index in [0.29, 0.717) is 48.5 Å². The second kappa shape index (κ2) is 6.45. The van der Waals surface area contributed by atoms with Gasteiger partial charge in [-0.15, -0.1) is 0 Å². The van der Waals surface area contributed by atoms with Gasteiger partial charge in [-0.3, -0.25) is 19.3 Å². The summed E-state index contributed by atoms with van der Waals surface area (Å²) in [5.41, 5.74) is 1.82. The zero-order valence-corrected chi connectivity index (χ0v) is 13.4. The van der Waals surface area contributed by atoms with Crippen molar-refractivity contribution in [2.24, 2.45) is 0 Å². The highest BCUT2D eigenvalue weighted by Gasteiger charge is 2.44. The second-order valence-electron chi connectivity index (χ2n) is 5.78. The Hall–Kier alpha value is -2.67. The molecule has 2 N–H and O–H groups in total. The Morgan fingerprint density at radius 3 is 2.83 bits per heavy atom. The van der Waals surface area contributed by atoms with Crippen molar-refractivity contribution in [3.8, 4) is 0 Å². The molecule has 0 bridgehead atoms. The Morgan fingerprint density at radius 2 is 2.12 bits per heavy atom. The van der Waals surface area contributed by atoms with Gasteiger partial charge >= 0.3 is 0 Å². The third-order valence-corrected chi connectivity index (χ3v) is 4.20. The number of hydrogen-bond acceptors (Lipinski definition) is 5. The van der Waals surface area contributed by atoms with Gasteiger partial charge in [-0.1, -0.05) is 12.6 Å². The van der Waals surface area contributed by atoms with Crippen molar-refractivity contribution in [1.29, 1.82) is 0 Å². The number of carbonyl (C=O) groups excluding carboxylic acids is 3. The van der Waals surface area contributed by atoms with Crippen molar-refractivity contribution < 1.29 is 19.1 Å². The van der Waals surface area contributed by atoms with E-state index < -0.39 is 17.9 Å². The van der Waals surface area contributed by atoms with E-state index in [1.165, 1.54) is 0 Å². The van der Waals surface area contributed by atoms with Crippen molar-refractivity contribution in [2.75, 3.05) is 25.6 Å². The van der Waals surface area contributed by atoms with Crippen LogP contribution in [0.25, 0.3) is 0 Å². The van der Waals surface area contributed by atoms with Gasteiger partial charge in [0.25, 0.3) is 11.8 Å². The Morgan fingerprint density at radius 1 is 1.33 bits per heavy atom. The Kier molecular flexibility index (Phi) is 4.35. The topological polar surface area (TPSA) is 87.7 Å². The van der Waals surface area contributed by atoms with Gasteiger partial charge in [0.15, 0.2) is 0 Å². The predicted molar refractivity (Wildman–Crippen MR) is 87.6 cm³/mol. The van der Waals surface area contributed by atoms with E-state index in [9.17, 15) is 14.4 Å². The van der Waals surface area contributed by atoms with Crippen LogP contribution < -0.4 is 10.6 Å². The molecule has 0 spiro atoms. The summed E-state index contributed by atoms with van der Waals surface area (Å²) in [6.07, 6.45) is 0.936. The average molecular weight is 329 g/mol. The summed E-state index contributed by atoms with van der Waals surface area (Å²) in [5, 5.41) is 5.72. The van der Waals surface area contributed by atoms with Crippen LogP contribution in [0.3, 0.4) is 0 Å². The van der Waals surface area contributed by atoms with E-state index in [1.807, 2.05) is 0 Å². The van der Waals surface area contributed by atoms with Gasteiger partial charge in [-0.25, -0.2) is 0 Å². The summed E-state index contributed by atoms with van der Waals surface area (Å²) in [7, 11) is 1.59. The van der Waals surface area contributed by atoms with Crippen LogP contribution in [0.5, 0.6) is 0 Å². The SMILES string of the molecule is C=C1CCC(N2C(=O)c3cccc(NCCOC)c3C2=O)C(=O)N1. The van der Waals surface area contributed by atoms with Crippen molar-refractivity contribution >= 4 is 23.4 Å². The number of nitrogens with one attached hydrogen (secondary N) is 2. The number of allylic oxidation sites excluding steroid dienone is 1. The van der Waals surface area contributed by atoms with Crippen LogP contribution in [0.2, 0.25) is 0 Å². The van der Waals surface area contributed by atoms with Crippen molar-refractivity contribution in [3.05, 3.63) is 41.6 Å². The standard InChI is InChI=1S/C17H19N3O4/c1-10-6-7-13(15(21)19-10)20-16(22)11-4-3-5-12(14(11)17(20)23)18-8-9-24-2/h3-5,13,18H,1,6-9H2,2H3,(H,19,21). The minimum Gasteiger partial charge on any atom is -0.383 e.